The molecule has 0 saturated carbocycles. The van der Waals surface area contributed by atoms with E-state index in [4.69, 9.17) is 5.11 Å². The molecular formula is C6H9N3O3. The molecule has 12 heavy (non-hydrogen) atoms. The lowest BCUT2D eigenvalue weighted by molar-refractivity contribution is -0.136. The molecule has 0 aromatic carbocycles. The number of carbonyl (C=O) groups is 1. The van der Waals surface area contributed by atoms with Crippen LogP contribution in [0.25, 0.3) is 0 Å². The zero-order chi connectivity index (χ0) is 9.14. The van der Waals surface area contributed by atoms with Gasteiger partial charge in [0.05, 0.1) is 0 Å². The first-order valence-electron chi connectivity index (χ1n) is 3.31. The van der Waals surface area contributed by atoms with Crippen molar-refractivity contribution in [3.63, 3.8) is 0 Å². The standard InChI is InChI=1S/C6H9N3O3/c1-9(2)6-7-4(12-8-6)3-5(10)11/h3H2,1-2H3,(H,10,11). The van der Waals surface area contributed by atoms with Gasteiger partial charge in [0.25, 0.3) is 5.95 Å². The minimum Gasteiger partial charge on any atom is -0.481 e. The van der Waals surface area contributed by atoms with Crippen molar-refractivity contribution >= 4 is 11.9 Å². The van der Waals surface area contributed by atoms with Crippen LogP contribution in [-0.2, 0) is 11.2 Å². The molecule has 0 aliphatic rings. The minimum atomic E-state index is -0.982. The van der Waals surface area contributed by atoms with E-state index in [0.29, 0.717) is 5.95 Å². The van der Waals surface area contributed by atoms with E-state index in [1.807, 2.05) is 0 Å². The molecule has 6 nitrogen and oxygen atoms in total. The van der Waals surface area contributed by atoms with E-state index in [2.05, 4.69) is 14.7 Å². The molecule has 1 aromatic heterocycles. The maximum absolute atomic E-state index is 10.2. The van der Waals surface area contributed by atoms with Crippen LogP contribution in [0.2, 0.25) is 0 Å². The summed E-state index contributed by atoms with van der Waals surface area (Å²) in [5, 5.41) is 11.9. The molecule has 0 spiro atoms. The number of carboxylic acids is 1. The monoisotopic (exact) mass is 171 g/mol. The third-order valence-electron chi connectivity index (χ3n) is 1.16. The molecular weight excluding hydrogens is 162 g/mol. The summed E-state index contributed by atoms with van der Waals surface area (Å²) in [4.78, 5) is 15.7. The Morgan fingerprint density at radius 2 is 2.33 bits per heavy atom. The van der Waals surface area contributed by atoms with Crippen molar-refractivity contribution in [2.45, 2.75) is 6.42 Å². The smallest absolute Gasteiger partial charge is 0.312 e. The van der Waals surface area contributed by atoms with Crippen LogP contribution in [0.1, 0.15) is 5.89 Å². The lowest BCUT2D eigenvalue weighted by atomic mass is 10.4. The summed E-state index contributed by atoms with van der Waals surface area (Å²) in [7, 11) is 3.49. The second-order valence-corrected chi connectivity index (χ2v) is 2.45. The third-order valence-corrected chi connectivity index (χ3v) is 1.16. The van der Waals surface area contributed by atoms with E-state index >= 15 is 0 Å². The van der Waals surface area contributed by atoms with Gasteiger partial charge in [-0.25, -0.2) is 0 Å². The molecule has 0 saturated heterocycles. The van der Waals surface area contributed by atoms with Gasteiger partial charge in [0.1, 0.15) is 6.42 Å². The molecule has 0 unspecified atom stereocenters. The Bertz CT molecular complexity index is 281. The largest absolute Gasteiger partial charge is 0.481 e. The van der Waals surface area contributed by atoms with E-state index in [-0.39, 0.29) is 12.3 Å². The van der Waals surface area contributed by atoms with Gasteiger partial charge in [-0.15, -0.1) is 0 Å². The molecule has 0 atom stereocenters. The van der Waals surface area contributed by atoms with Crippen molar-refractivity contribution in [3.8, 4) is 0 Å². The highest BCUT2D eigenvalue weighted by atomic mass is 16.5. The van der Waals surface area contributed by atoms with E-state index < -0.39 is 5.97 Å². The number of aromatic nitrogens is 2. The van der Waals surface area contributed by atoms with E-state index in [1.54, 1.807) is 19.0 Å². The summed E-state index contributed by atoms with van der Waals surface area (Å²) in [6.07, 6.45) is -0.235. The minimum absolute atomic E-state index is 0.117. The second kappa shape index (κ2) is 3.21. The summed E-state index contributed by atoms with van der Waals surface area (Å²) in [6, 6.07) is 0. The van der Waals surface area contributed by atoms with Gasteiger partial charge in [0, 0.05) is 14.1 Å². The Balaban J connectivity index is 2.70. The fraction of sp³-hybridized carbons (Fsp3) is 0.500. The first-order chi connectivity index (χ1) is 5.59. The van der Waals surface area contributed by atoms with Gasteiger partial charge >= 0.3 is 5.97 Å². The van der Waals surface area contributed by atoms with Crippen LogP contribution in [0.15, 0.2) is 4.52 Å². The van der Waals surface area contributed by atoms with Crippen molar-refractivity contribution in [1.82, 2.24) is 10.1 Å². The van der Waals surface area contributed by atoms with Crippen LogP contribution in [0.5, 0.6) is 0 Å². The van der Waals surface area contributed by atoms with Crippen molar-refractivity contribution in [1.29, 1.82) is 0 Å². The molecule has 1 heterocycles. The van der Waals surface area contributed by atoms with Gasteiger partial charge in [0.15, 0.2) is 0 Å². The van der Waals surface area contributed by atoms with Crippen LogP contribution in [0, 0.1) is 0 Å². The van der Waals surface area contributed by atoms with Crippen LogP contribution in [0.4, 0.5) is 5.95 Å². The summed E-state index contributed by atoms with van der Waals surface area (Å²) in [5.74, 6) is -0.485. The van der Waals surface area contributed by atoms with Gasteiger partial charge in [-0.3, -0.25) is 4.79 Å². The van der Waals surface area contributed by atoms with Gasteiger partial charge in [-0.2, -0.15) is 4.98 Å². The topological polar surface area (TPSA) is 79.5 Å². The zero-order valence-electron chi connectivity index (χ0n) is 6.81. The van der Waals surface area contributed by atoms with Gasteiger partial charge in [-0.05, 0) is 5.16 Å². The van der Waals surface area contributed by atoms with Gasteiger partial charge in [0.2, 0.25) is 5.89 Å². The van der Waals surface area contributed by atoms with Crippen molar-refractivity contribution in [3.05, 3.63) is 5.89 Å². The number of carboxylic acid groups (broad SMARTS) is 1. The fourth-order valence-electron chi connectivity index (χ4n) is 0.629. The molecule has 0 amide bonds. The second-order valence-electron chi connectivity index (χ2n) is 2.45. The molecule has 66 valence electrons. The molecule has 6 heteroatoms. The maximum Gasteiger partial charge on any atom is 0.312 e. The van der Waals surface area contributed by atoms with Gasteiger partial charge in [-0.1, -0.05) is 0 Å². The SMILES string of the molecule is CN(C)c1noc(CC(=O)O)n1. The highest BCUT2D eigenvalue weighted by Gasteiger charge is 2.10. The van der Waals surface area contributed by atoms with Crippen molar-refractivity contribution in [2.75, 3.05) is 19.0 Å². The molecule has 0 radical (unpaired) electrons. The van der Waals surface area contributed by atoms with Gasteiger partial charge < -0.3 is 14.5 Å². The number of rotatable bonds is 3. The summed E-state index contributed by atoms with van der Waals surface area (Å²) in [6.45, 7) is 0. The summed E-state index contributed by atoms with van der Waals surface area (Å²) < 4.78 is 4.65. The molecule has 0 bridgehead atoms. The number of hydrogen-bond acceptors (Lipinski definition) is 5. The third kappa shape index (κ3) is 1.94. The predicted molar refractivity (Wildman–Crippen MR) is 40.0 cm³/mol. The first kappa shape index (κ1) is 8.51. The zero-order valence-corrected chi connectivity index (χ0v) is 6.81. The Morgan fingerprint density at radius 3 is 2.75 bits per heavy atom. The lowest BCUT2D eigenvalue weighted by Crippen LogP contribution is -2.10. The Labute approximate surface area is 68.8 Å². The Morgan fingerprint density at radius 1 is 1.67 bits per heavy atom. The van der Waals surface area contributed by atoms with E-state index in [9.17, 15) is 4.79 Å². The number of anilines is 1. The predicted octanol–water partition coefficient (Wildman–Crippen LogP) is -0.237. The summed E-state index contributed by atoms with van der Waals surface area (Å²) >= 11 is 0. The van der Waals surface area contributed by atoms with Crippen LogP contribution < -0.4 is 4.90 Å². The average Bonchev–Trinajstić information content (AvgIpc) is 2.34. The quantitative estimate of drug-likeness (QED) is 0.676. The molecule has 0 aliphatic carbocycles. The normalized spacial score (nSPS) is 9.83. The maximum atomic E-state index is 10.2. The summed E-state index contributed by atoms with van der Waals surface area (Å²) in [5.41, 5.74) is 0. The highest BCUT2D eigenvalue weighted by molar-refractivity contribution is 5.68. The molecule has 1 N–H and O–H groups in total. The number of aliphatic carboxylic acids is 1. The fourth-order valence-corrected chi connectivity index (χ4v) is 0.629. The van der Waals surface area contributed by atoms with Crippen LogP contribution in [-0.4, -0.2) is 35.3 Å². The lowest BCUT2D eigenvalue weighted by Gasteiger charge is -2.02. The highest BCUT2D eigenvalue weighted by Crippen LogP contribution is 2.05. The van der Waals surface area contributed by atoms with Crippen molar-refractivity contribution < 1.29 is 14.4 Å². The van der Waals surface area contributed by atoms with Crippen LogP contribution in [0.3, 0.4) is 0 Å². The van der Waals surface area contributed by atoms with E-state index in [0.717, 1.165) is 0 Å². The Hall–Kier alpha value is -1.59. The molecule has 1 aromatic rings. The van der Waals surface area contributed by atoms with Crippen molar-refractivity contribution in [2.24, 2.45) is 0 Å². The molecule has 1 rings (SSSR count). The number of hydrogen-bond donors (Lipinski definition) is 1. The van der Waals surface area contributed by atoms with Crippen LogP contribution >= 0.6 is 0 Å². The Kier molecular flexibility index (Phi) is 2.27. The first-order valence-corrected chi connectivity index (χ1v) is 3.31. The van der Waals surface area contributed by atoms with E-state index in [1.165, 1.54) is 0 Å². The average molecular weight is 171 g/mol. The molecule has 0 aliphatic heterocycles. The molecule has 0 fully saturated rings. The number of nitrogens with zero attached hydrogens (tertiary/aromatic N) is 3.